The number of carboxylic acid groups (broad SMARTS) is 1. The van der Waals surface area contributed by atoms with E-state index in [1.807, 2.05) is 37.3 Å². The van der Waals surface area contributed by atoms with Crippen LogP contribution in [0.15, 0.2) is 54.6 Å². The number of nitrogens with zero attached hydrogens (tertiary/aromatic N) is 2. The third kappa shape index (κ3) is 9.30. The number of hydrogen-bond acceptors (Lipinski definition) is 8. The molecule has 0 unspecified atom stereocenters. The number of hydroxylamine groups is 1. The number of rotatable bonds is 8. The van der Waals surface area contributed by atoms with Gasteiger partial charge in [-0.1, -0.05) is 18.2 Å². The summed E-state index contributed by atoms with van der Waals surface area (Å²) in [6.45, 7) is 2.97. The van der Waals surface area contributed by atoms with Gasteiger partial charge in [0.2, 0.25) is 11.8 Å². The minimum absolute atomic E-state index is 0.01000. The lowest BCUT2D eigenvalue weighted by Crippen LogP contribution is -2.52. The van der Waals surface area contributed by atoms with Crippen molar-refractivity contribution in [2.75, 3.05) is 25.0 Å². The minimum atomic E-state index is -5.08. The summed E-state index contributed by atoms with van der Waals surface area (Å²) in [5, 5.41) is 20.2. The van der Waals surface area contributed by atoms with Gasteiger partial charge >= 0.3 is 18.2 Å². The number of alkyl halides is 3. The molecule has 0 spiro atoms. The monoisotopic (exact) mass is 646 g/mol. The molecule has 15 heteroatoms. The summed E-state index contributed by atoms with van der Waals surface area (Å²) in [5.41, 5.74) is 5.05. The van der Waals surface area contributed by atoms with Crippen molar-refractivity contribution in [1.29, 1.82) is 0 Å². The normalized spacial score (nSPS) is 17.7. The predicted octanol–water partition coefficient (Wildman–Crippen LogP) is 4.68. The molecule has 2 heterocycles. The number of hydrogen-bond donors (Lipinski definition) is 4. The zero-order valence-corrected chi connectivity index (χ0v) is 24.8. The van der Waals surface area contributed by atoms with E-state index in [1.165, 1.54) is 4.90 Å². The van der Waals surface area contributed by atoms with Crippen molar-refractivity contribution in [2.45, 2.75) is 39.0 Å². The van der Waals surface area contributed by atoms with E-state index in [4.69, 9.17) is 19.4 Å². The summed E-state index contributed by atoms with van der Waals surface area (Å²) in [7, 11) is 0. The third-order valence-corrected chi connectivity index (χ3v) is 7.48. The Balaban J connectivity index is 0.000000617. The van der Waals surface area contributed by atoms with Crippen LogP contribution >= 0.6 is 0 Å². The maximum absolute atomic E-state index is 13.1. The Morgan fingerprint density at radius 3 is 2.30 bits per heavy atom. The Hall–Kier alpha value is -4.92. The molecule has 2 fully saturated rings. The lowest BCUT2D eigenvalue weighted by molar-refractivity contribution is -0.192. The SMILES string of the molecule is Cc1cc(COc2ccc(NC(=O)[C@H]3CCN(C(=O)OCC4CC4)C[C@@H]3C(=O)NO)cc2)c2ccccc2n1.O=C(O)C(F)(F)F. The number of amides is 3. The minimum Gasteiger partial charge on any atom is -0.489 e. The average Bonchev–Trinajstić information content (AvgIpc) is 3.87. The number of ether oxygens (including phenoxy) is 2. The maximum Gasteiger partial charge on any atom is 0.490 e. The molecule has 1 saturated carbocycles. The van der Waals surface area contributed by atoms with Crippen molar-refractivity contribution >= 4 is 40.5 Å². The third-order valence-electron chi connectivity index (χ3n) is 7.48. The smallest absolute Gasteiger partial charge is 0.489 e. The first kappa shape index (κ1) is 34.0. The van der Waals surface area contributed by atoms with Crippen LogP contribution in [-0.4, -0.2) is 69.9 Å². The average molecular weight is 647 g/mol. The molecule has 1 aliphatic carbocycles. The van der Waals surface area contributed by atoms with Gasteiger partial charge in [0.25, 0.3) is 0 Å². The predicted molar refractivity (Wildman–Crippen MR) is 157 cm³/mol. The van der Waals surface area contributed by atoms with E-state index in [0.29, 0.717) is 30.6 Å². The van der Waals surface area contributed by atoms with Gasteiger partial charge in [0, 0.05) is 35.4 Å². The molecule has 5 rings (SSSR count). The molecule has 2 atom stereocenters. The van der Waals surface area contributed by atoms with Crippen LogP contribution in [0.3, 0.4) is 0 Å². The highest BCUT2D eigenvalue weighted by Gasteiger charge is 2.41. The summed E-state index contributed by atoms with van der Waals surface area (Å²) in [5.74, 6) is -4.39. The molecule has 3 aromatic rings. The van der Waals surface area contributed by atoms with Crippen molar-refractivity contribution in [3.8, 4) is 5.75 Å². The first-order valence-corrected chi connectivity index (χ1v) is 14.4. The zero-order chi connectivity index (χ0) is 33.4. The Morgan fingerprint density at radius 2 is 1.67 bits per heavy atom. The van der Waals surface area contributed by atoms with Gasteiger partial charge in [0.05, 0.1) is 24.0 Å². The van der Waals surface area contributed by atoms with Gasteiger partial charge in [-0.2, -0.15) is 13.2 Å². The van der Waals surface area contributed by atoms with Crippen molar-refractivity contribution in [3.05, 3.63) is 65.9 Å². The van der Waals surface area contributed by atoms with E-state index in [2.05, 4.69) is 10.3 Å². The first-order chi connectivity index (χ1) is 21.8. The molecule has 2 aliphatic rings. The largest absolute Gasteiger partial charge is 0.490 e. The van der Waals surface area contributed by atoms with Crippen molar-refractivity contribution < 1.29 is 52.1 Å². The lowest BCUT2D eigenvalue weighted by atomic mass is 9.84. The van der Waals surface area contributed by atoms with E-state index < -0.39 is 36.0 Å². The number of aryl methyl sites for hydroxylation is 1. The molecule has 0 radical (unpaired) electrons. The number of benzene rings is 2. The fraction of sp³-hybridized carbons (Fsp3) is 0.387. The standard InChI is InChI=1S/C29H32N4O6.C2HF3O2/c1-18-14-20(23-4-2-3-5-26(23)30-18)17-38-22-10-8-21(9-11-22)31-27(34)24-12-13-33(15-25(24)28(35)32-37)29(36)39-16-19-6-7-19;3-2(4,5)1(6)7/h2-5,8-11,14,19,24-25,37H,6-7,12-13,15-17H2,1H3,(H,31,34)(H,32,35);(H,6,7)/t24-,25-;/m0./s1. The molecule has 2 aromatic carbocycles. The number of fused-ring (bicyclic) bond motifs is 1. The second kappa shape index (κ2) is 14.9. The molecule has 246 valence electrons. The van der Waals surface area contributed by atoms with Crippen LogP contribution < -0.4 is 15.5 Å². The van der Waals surface area contributed by atoms with Crippen molar-refractivity contribution in [2.24, 2.45) is 17.8 Å². The highest BCUT2D eigenvalue weighted by Crippen LogP contribution is 2.30. The molecule has 1 aromatic heterocycles. The van der Waals surface area contributed by atoms with E-state index in [0.717, 1.165) is 35.0 Å². The number of carbonyl (C=O) groups is 4. The molecule has 46 heavy (non-hydrogen) atoms. The Labute approximate surface area is 261 Å². The molecule has 1 aliphatic heterocycles. The van der Waals surface area contributed by atoms with Crippen LogP contribution in [0.2, 0.25) is 0 Å². The molecule has 0 bridgehead atoms. The number of nitrogens with one attached hydrogen (secondary N) is 2. The van der Waals surface area contributed by atoms with Gasteiger partial charge < -0.3 is 24.8 Å². The van der Waals surface area contributed by atoms with E-state index in [-0.39, 0.29) is 25.4 Å². The number of carbonyl (C=O) groups excluding carboxylic acids is 3. The van der Waals surface area contributed by atoms with Crippen LogP contribution in [0, 0.1) is 24.7 Å². The summed E-state index contributed by atoms with van der Waals surface area (Å²) >= 11 is 0. The first-order valence-electron chi connectivity index (χ1n) is 14.4. The summed E-state index contributed by atoms with van der Waals surface area (Å²) in [6.07, 6.45) is -3.20. The van der Waals surface area contributed by atoms with Gasteiger partial charge in [-0.25, -0.2) is 15.1 Å². The van der Waals surface area contributed by atoms with Crippen LogP contribution in [0.4, 0.5) is 23.7 Å². The highest BCUT2D eigenvalue weighted by atomic mass is 19.4. The van der Waals surface area contributed by atoms with Crippen LogP contribution in [-0.2, 0) is 25.7 Å². The van der Waals surface area contributed by atoms with Gasteiger partial charge in [0.1, 0.15) is 12.4 Å². The number of piperidine rings is 1. The second-order valence-electron chi connectivity index (χ2n) is 11.0. The lowest BCUT2D eigenvalue weighted by Gasteiger charge is -2.36. The number of aliphatic carboxylic acids is 1. The molecule has 3 amide bonds. The van der Waals surface area contributed by atoms with Crippen molar-refractivity contribution in [1.82, 2.24) is 15.4 Å². The van der Waals surface area contributed by atoms with Crippen molar-refractivity contribution in [3.63, 3.8) is 0 Å². The molecular weight excluding hydrogens is 613 g/mol. The molecule has 4 N–H and O–H groups in total. The van der Waals surface area contributed by atoms with E-state index >= 15 is 0 Å². The zero-order valence-electron chi connectivity index (χ0n) is 24.8. The second-order valence-corrected chi connectivity index (χ2v) is 11.0. The van der Waals surface area contributed by atoms with Crippen LogP contribution in [0.5, 0.6) is 5.75 Å². The summed E-state index contributed by atoms with van der Waals surface area (Å²) < 4.78 is 43.1. The van der Waals surface area contributed by atoms with E-state index in [9.17, 15) is 32.8 Å². The number of carboxylic acids is 1. The van der Waals surface area contributed by atoms with Gasteiger partial charge in [0.15, 0.2) is 0 Å². The fourth-order valence-corrected chi connectivity index (χ4v) is 4.89. The quantitative estimate of drug-likeness (QED) is 0.201. The number of aromatic nitrogens is 1. The number of likely N-dealkylation sites (tertiary alicyclic amines) is 1. The number of pyridine rings is 1. The Bertz CT molecular complexity index is 1560. The highest BCUT2D eigenvalue weighted by molar-refractivity contribution is 5.96. The number of halogens is 3. The summed E-state index contributed by atoms with van der Waals surface area (Å²) in [6, 6.07) is 16.9. The van der Waals surface area contributed by atoms with Gasteiger partial charge in [-0.05, 0) is 68.5 Å². The Morgan fingerprint density at radius 1 is 1.00 bits per heavy atom. The number of para-hydroxylation sites is 1. The summed E-state index contributed by atoms with van der Waals surface area (Å²) in [4.78, 5) is 52.8. The molecule has 12 nitrogen and oxygen atoms in total. The Kier molecular flexibility index (Phi) is 11.0. The molecule has 1 saturated heterocycles. The van der Waals surface area contributed by atoms with E-state index in [1.54, 1.807) is 29.7 Å². The van der Waals surface area contributed by atoms with Crippen LogP contribution in [0.25, 0.3) is 10.9 Å². The fourth-order valence-electron chi connectivity index (χ4n) is 4.89. The van der Waals surface area contributed by atoms with Crippen LogP contribution in [0.1, 0.15) is 30.5 Å². The topological polar surface area (TPSA) is 167 Å². The van der Waals surface area contributed by atoms with Gasteiger partial charge in [-0.3, -0.25) is 19.8 Å². The van der Waals surface area contributed by atoms with Gasteiger partial charge in [-0.15, -0.1) is 0 Å². The number of anilines is 1. The maximum atomic E-state index is 13.1. The molecular formula is C31H33F3N4O8.